The van der Waals surface area contributed by atoms with Gasteiger partial charge in [0, 0.05) is 22.3 Å². The van der Waals surface area contributed by atoms with Crippen molar-refractivity contribution >= 4 is 23.2 Å². The number of rotatable bonds is 5. The zero-order valence-corrected chi connectivity index (χ0v) is 17.8. The molecule has 2 aromatic carbocycles. The van der Waals surface area contributed by atoms with Gasteiger partial charge in [-0.3, -0.25) is 4.79 Å². The number of halogens is 1. The molecule has 156 valence electrons. The fraction of sp³-hybridized carbons (Fsp3) is 0.304. The van der Waals surface area contributed by atoms with Crippen molar-refractivity contribution in [3.63, 3.8) is 0 Å². The Bertz CT molecular complexity index is 1060. The lowest BCUT2D eigenvalue weighted by Gasteiger charge is -2.11. The molecule has 0 unspecified atom stereocenters. The van der Waals surface area contributed by atoms with E-state index in [-0.39, 0.29) is 5.91 Å². The number of hydrogen-bond acceptors (Lipinski definition) is 4. The molecule has 1 amide bonds. The van der Waals surface area contributed by atoms with Gasteiger partial charge in [0.2, 0.25) is 0 Å². The van der Waals surface area contributed by atoms with E-state index in [1.54, 1.807) is 32.4 Å². The molecule has 0 fully saturated rings. The Hall–Kier alpha value is -2.99. The van der Waals surface area contributed by atoms with Gasteiger partial charge < -0.3 is 14.8 Å². The first-order valence-corrected chi connectivity index (χ1v) is 10.4. The number of nitrogens with zero attached hydrogens (tertiary/aromatic N) is 2. The van der Waals surface area contributed by atoms with E-state index < -0.39 is 0 Å². The van der Waals surface area contributed by atoms with Crippen molar-refractivity contribution in [3.8, 4) is 17.2 Å². The second-order valence-electron chi connectivity index (χ2n) is 7.24. The molecule has 1 aliphatic carbocycles. The Balaban J connectivity index is 1.73. The molecule has 1 N–H and O–H groups in total. The van der Waals surface area contributed by atoms with Gasteiger partial charge in [-0.05, 0) is 62.1 Å². The number of anilines is 1. The lowest BCUT2D eigenvalue weighted by molar-refractivity contribution is 0.102. The molecule has 1 aromatic heterocycles. The third-order valence-electron chi connectivity index (χ3n) is 5.37. The van der Waals surface area contributed by atoms with Crippen LogP contribution in [0.2, 0.25) is 5.02 Å². The minimum absolute atomic E-state index is 0.257. The molecule has 0 bridgehead atoms. The molecule has 3 aromatic rings. The van der Waals surface area contributed by atoms with Crippen LogP contribution in [0.4, 0.5) is 5.69 Å². The van der Waals surface area contributed by atoms with E-state index in [4.69, 9.17) is 26.2 Å². The van der Waals surface area contributed by atoms with Crippen molar-refractivity contribution in [1.82, 2.24) is 9.78 Å². The second kappa shape index (κ2) is 8.79. The van der Waals surface area contributed by atoms with Crippen LogP contribution in [-0.4, -0.2) is 29.9 Å². The Morgan fingerprint density at radius 1 is 1.03 bits per heavy atom. The van der Waals surface area contributed by atoms with E-state index in [2.05, 4.69) is 5.32 Å². The number of fused-ring (bicyclic) bond motifs is 1. The monoisotopic (exact) mass is 425 g/mol. The van der Waals surface area contributed by atoms with Crippen LogP contribution in [0.15, 0.2) is 42.5 Å². The molecule has 0 atom stereocenters. The standard InChI is InChI=1S/C23H24ClN3O3/c1-29-17-12-13-21(30-2)19(14-17)25-23(28)22-18-6-4-3-5-7-20(18)27(26-22)16-10-8-15(24)9-11-16/h8-14H,3-7H2,1-2H3,(H,25,28). The molecule has 7 heteroatoms. The van der Waals surface area contributed by atoms with E-state index in [0.717, 1.165) is 49.0 Å². The molecule has 6 nitrogen and oxygen atoms in total. The van der Waals surface area contributed by atoms with Gasteiger partial charge in [-0.25, -0.2) is 4.68 Å². The summed E-state index contributed by atoms with van der Waals surface area (Å²) in [5.41, 5.74) is 4.01. The number of carbonyl (C=O) groups is 1. The summed E-state index contributed by atoms with van der Waals surface area (Å²) in [5, 5.41) is 8.34. The van der Waals surface area contributed by atoms with Gasteiger partial charge in [-0.1, -0.05) is 18.0 Å². The average Bonchev–Trinajstić information content (AvgIpc) is 2.95. The lowest BCUT2D eigenvalue weighted by atomic mass is 10.1. The maximum atomic E-state index is 13.3. The molecule has 1 heterocycles. The molecule has 1 aliphatic rings. The molecule has 0 radical (unpaired) electrons. The predicted molar refractivity (Wildman–Crippen MR) is 117 cm³/mol. The highest BCUT2D eigenvalue weighted by Gasteiger charge is 2.25. The summed E-state index contributed by atoms with van der Waals surface area (Å²) in [4.78, 5) is 13.3. The highest BCUT2D eigenvalue weighted by Crippen LogP contribution is 2.31. The summed E-state index contributed by atoms with van der Waals surface area (Å²) in [6.07, 6.45) is 4.99. The molecule has 0 aliphatic heterocycles. The van der Waals surface area contributed by atoms with Crippen LogP contribution in [0.25, 0.3) is 5.69 Å². The summed E-state index contributed by atoms with van der Waals surface area (Å²) in [5.74, 6) is 0.941. The minimum Gasteiger partial charge on any atom is -0.497 e. The van der Waals surface area contributed by atoms with E-state index in [1.165, 1.54) is 0 Å². The third kappa shape index (κ3) is 4.00. The largest absolute Gasteiger partial charge is 0.497 e. The first-order valence-electron chi connectivity index (χ1n) is 10.0. The molecular formula is C23H24ClN3O3. The summed E-state index contributed by atoms with van der Waals surface area (Å²) < 4.78 is 12.6. The molecule has 0 spiro atoms. The van der Waals surface area contributed by atoms with Crippen molar-refractivity contribution in [2.24, 2.45) is 0 Å². The number of ether oxygens (including phenoxy) is 2. The Kier molecular flexibility index (Phi) is 5.95. The maximum Gasteiger partial charge on any atom is 0.276 e. The highest BCUT2D eigenvalue weighted by molar-refractivity contribution is 6.30. The SMILES string of the molecule is COc1ccc(OC)c(NC(=O)c2nn(-c3ccc(Cl)cc3)c3c2CCCCC3)c1. The van der Waals surface area contributed by atoms with Crippen molar-refractivity contribution in [3.05, 3.63) is 64.4 Å². The zero-order chi connectivity index (χ0) is 21.1. The van der Waals surface area contributed by atoms with E-state index >= 15 is 0 Å². The molecule has 0 saturated heterocycles. The number of carbonyl (C=O) groups excluding carboxylic acids is 1. The van der Waals surface area contributed by atoms with E-state index in [9.17, 15) is 4.79 Å². The lowest BCUT2D eigenvalue weighted by Crippen LogP contribution is -2.15. The average molecular weight is 426 g/mol. The van der Waals surface area contributed by atoms with Crippen molar-refractivity contribution < 1.29 is 14.3 Å². The van der Waals surface area contributed by atoms with Gasteiger partial charge in [0.05, 0.1) is 25.6 Å². The molecule has 0 saturated carbocycles. The second-order valence-corrected chi connectivity index (χ2v) is 7.68. The van der Waals surface area contributed by atoms with Gasteiger partial charge in [-0.2, -0.15) is 5.10 Å². The van der Waals surface area contributed by atoms with Crippen LogP contribution in [-0.2, 0) is 12.8 Å². The van der Waals surface area contributed by atoms with Crippen molar-refractivity contribution in [2.75, 3.05) is 19.5 Å². The number of hydrogen-bond donors (Lipinski definition) is 1. The highest BCUT2D eigenvalue weighted by atomic mass is 35.5. The van der Waals surface area contributed by atoms with Gasteiger partial charge in [0.25, 0.3) is 5.91 Å². The number of methoxy groups -OCH3 is 2. The molecular weight excluding hydrogens is 402 g/mol. The maximum absolute atomic E-state index is 13.3. The van der Waals surface area contributed by atoms with Gasteiger partial charge in [0.15, 0.2) is 5.69 Å². The summed E-state index contributed by atoms with van der Waals surface area (Å²) in [6, 6.07) is 12.8. The Morgan fingerprint density at radius 3 is 2.53 bits per heavy atom. The Labute approximate surface area is 180 Å². The minimum atomic E-state index is -0.257. The first kappa shape index (κ1) is 20.3. The van der Waals surface area contributed by atoms with Gasteiger partial charge in [-0.15, -0.1) is 0 Å². The smallest absolute Gasteiger partial charge is 0.276 e. The quantitative estimate of drug-likeness (QED) is 0.580. The van der Waals surface area contributed by atoms with Crippen LogP contribution in [0, 0.1) is 0 Å². The molecule has 4 rings (SSSR count). The Morgan fingerprint density at radius 2 is 1.80 bits per heavy atom. The normalized spacial score (nSPS) is 13.3. The van der Waals surface area contributed by atoms with E-state index in [0.29, 0.717) is 27.9 Å². The summed E-state index contributed by atoms with van der Waals surface area (Å²) >= 11 is 6.05. The molecule has 30 heavy (non-hydrogen) atoms. The van der Waals surface area contributed by atoms with Crippen LogP contribution in [0.1, 0.15) is 41.0 Å². The summed E-state index contributed by atoms with van der Waals surface area (Å²) in [7, 11) is 3.15. The predicted octanol–water partition coefficient (Wildman–Crippen LogP) is 5.06. The van der Waals surface area contributed by atoms with Crippen LogP contribution in [0.3, 0.4) is 0 Å². The fourth-order valence-electron chi connectivity index (χ4n) is 3.85. The van der Waals surface area contributed by atoms with Crippen LogP contribution in [0.5, 0.6) is 11.5 Å². The van der Waals surface area contributed by atoms with Gasteiger partial charge >= 0.3 is 0 Å². The van der Waals surface area contributed by atoms with Crippen LogP contribution >= 0.6 is 11.6 Å². The first-order chi connectivity index (χ1) is 14.6. The summed E-state index contributed by atoms with van der Waals surface area (Å²) in [6.45, 7) is 0. The topological polar surface area (TPSA) is 65.4 Å². The fourth-order valence-corrected chi connectivity index (χ4v) is 3.97. The van der Waals surface area contributed by atoms with Crippen molar-refractivity contribution in [2.45, 2.75) is 32.1 Å². The van der Waals surface area contributed by atoms with Crippen molar-refractivity contribution in [1.29, 1.82) is 0 Å². The van der Waals surface area contributed by atoms with Gasteiger partial charge in [0.1, 0.15) is 11.5 Å². The van der Waals surface area contributed by atoms with Crippen LogP contribution < -0.4 is 14.8 Å². The van der Waals surface area contributed by atoms with E-state index in [1.807, 2.05) is 28.9 Å². The number of aromatic nitrogens is 2. The zero-order valence-electron chi connectivity index (χ0n) is 17.1. The number of benzene rings is 2. The third-order valence-corrected chi connectivity index (χ3v) is 5.62. The number of nitrogens with one attached hydrogen (secondary N) is 1. The number of amides is 1.